The first-order chi connectivity index (χ1) is 10.1. The average Bonchev–Trinajstić information content (AvgIpc) is 2.87. The molecule has 0 unspecified atom stereocenters. The van der Waals surface area contributed by atoms with Crippen LogP contribution in [0.15, 0.2) is 47.6 Å². The zero-order valence-corrected chi connectivity index (χ0v) is 11.6. The zero-order valence-electron chi connectivity index (χ0n) is 10.8. The Bertz CT molecular complexity index is 783. The topological polar surface area (TPSA) is 45.8 Å². The summed E-state index contributed by atoms with van der Waals surface area (Å²) in [7, 11) is 0. The first-order valence-corrected chi connectivity index (χ1v) is 7.18. The van der Waals surface area contributed by atoms with Crippen molar-refractivity contribution in [2.45, 2.75) is 5.16 Å². The summed E-state index contributed by atoms with van der Waals surface area (Å²) in [6, 6.07) is 10.4. The number of ketones is 1. The Morgan fingerprint density at radius 2 is 2.00 bits per heavy atom. The number of rotatable bonds is 4. The van der Waals surface area contributed by atoms with Gasteiger partial charge in [-0.25, -0.2) is 13.8 Å². The maximum Gasteiger partial charge on any atom is 0.176 e. The molecule has 106 valence electrons. The number of halogens is 2. The van der Waals surface area contributed by atoms with Crippen molar-refractivity contribution < 1.29 is 13.6 Å². The van der Waals surface area contributed by atoms with Gasteiger partial charge in [0, 0.05) is 6.07 Å². The number of carbonyl (C=O) groups excluding carboxylic acids is 1. The molecule has 0 atom stereocenters. The molecular weight excluding hydrogens is 294 g/mol. The van der Waals surface area contributed by atoms with Crippen molar-refractivity contribution in [1.29, 1.82) is 0 Å². The van der Waals surface area contributed by atoms with E-state index in [9.17, 15) is 13.6 Å². The summed E-state index contributed by atoms with van der Waals surface area (Å²) in [4.78, 5) is 19.3. The van der Waals surface area contributed by atoms with Crippen molar-refractivity contribution in [3.63, 3.8) is 0 Å². The second kappa shape index (κ2) is 5.65. The molecule has 0 bridgehead atoms. The number of hydrogen-bond donors (Lipinski definition) is 1. The van der Waals surface area contributed by atoms with Crippen molar-refractivity contribution in [1.82, 2.24) is 9.97 Å². The Morgan fingerprint density at radius 3 is 2.76 bits per heavy atom. The molecule has 1 N–H and O–H groups in total. The lowest BCUT2D eigenvalue weighted by molar-refractivity contribution is 0.101. The lowest BCUT2D eigenvalue weighted by atomic mass is 10.1. The second-order valence-electron chi connectivity index (χ2n) is 4.40. The molecule has 6 heteroatoms. The standard InChI is InChI=1S/C15H10F2N2OS/c16-9-5-6-10(11(17)7-9)14(20)8-21-15-18-12-3-1-2-4-13(12)19-15/h1-7H,8H2,(H,18,19). The van der Waals surface area contributed by atoms with E-state index in [0.717, 1.165) is 23.2 Å². The molecule has 1 aromatic heterocycles. The predicted molar refractivity (Wildman–Crippen MR) is 77.5 cm³/mol. The van der Waals surface area contributed by atoms with Crippen molar-refractivity contribution in [3.05, 3.63) is 59.7 Å². The number of aromatic nitrogens is 2. The van der Waals surface area contributed by atoms with Crippen LogP contribution in [0.1, 0.15) is 10.4 Å². The largest absolute Gasteiger partial charge is 0.333 e. The third-order valence-corrected chi connectivity index (χ3v) is 3.81. The van der Waals surface area contributed by atoms with Crippen molar-refractivity contribution in [2.75, 3.05) is 5.75 Å². The number of benzene rings is 2. The van der Waals surface area contributed by atoms with Gasteiger partial charge in [0.05, 0.1) is 22.3 Å². The SMILES string of the molecule is O=C(CSc1nc2ccccc2[nH]1)c1ccc(F)cc1F. The first-order valence-electron chi connectivity index (χ1n) is 6.19. The molecule has 0 aliphatic carbocycles. The van der Waals surface area contributed by atoms with Crippen molar-refractivity contribution in [3.8, 4) is 0 Å². The molecule has 0 fully saturated rings. The van der Waals surface area contributed by atoms with Crippen LogP contribution in [0.5, 0.6) is 0 Å². The Morgan fingerprint density at radius 1 is 1.19 bits per heavy atom. The molecule has 3 aromatic rings. The van der Waals surface area contributed by atoms with Gasteiger partial charge in [-0.2, -0.15) is 0 Å². The average molecular weight is 304 g/mol. The highest BCUT2D eigenvalue weighted by atomic mass is 32.2. The molecule has 0 aliphatic rings. The lowest BCUT2D eigenvalue weighted by Gasteiger charge is -2.01. The third-order valence-electron chi connectivity index (χ3n) is 2.94. The number of hydrogen-bond acceptors (Lipinski definition) is 3. The highest BCUT2D eigenvalue weighted by Gasteiger charge is 2.14. The maximum atomic E-state index is 13.5. The maximum absolute atomic E-state index is 13.5. The van der Waals surface area contributed by atoms with Gasteiger partial charge in [0.15, 0.2) is 10.9 Å². The number of para-hydroxylation sites is 2. The van der Waals surface area contributed by atoms with Gasteiger partial charge in [0.2, 0.25) is 0 Å². The molecule has 3 nitrogen and oxygen atoms in total. The van der Waals surface area contributed by atoms with E-state index in [2.05, 4.69) is 9.97 Å². The molecular formula is C15H10F2N2OS. The highest BCUT2D eigenvalue weighted by Crippen LogP contribution is 2.21. The van der Waals surface area contributed by atoms with Gasteiger partial charge in [-0.3, -0.25) is 4.79 Å². The van der Waals surface area contributed by atoms with E-state index in [1.807, 2.05) is 24.3 Å². The van der Waals surface area contributed by atoms with Gasteiger partial charge < -0.3 is 4.98 Å². The second-order valence-corrected chi connectivity index (χ2v) is 5.36. The van der Waals surface area contributed by atoms with E-state index in [4.69, 9.17) is 0 Å². The summed E-state index contributed by atoms with van der Waals surface area (Å²) in [5, 5.41) is 0.590. The van der Waals surface area contributed by atoms with Gasteiger partial charge in [-0.1, -0.05) is 23.9 Å². The molecule has 0 spiro atoms. The summed E-state index contributed by atoms with van der Waals surface area (Å²) in [6.07, 6.45) is 0. The molecule has 0 saturated heterocycles. The van der Waals surface area contributed by atoms with Crippen LogP contribution in [0.25, 0.3) is 11.0 Å². The number of carbonyl (C=O) groups is 1. The number of aromatic amines is 1. The fourth-order valence-electron chi connectivity index (χ4n) is 1.93. The molecule has 3 rings (SSSR count). The number of Topliss-reactive ketones (excluding diaryl/α,β-unsaturated/α-hetero) is 1. The first kappa shape index (κ1) is 13.8. The number of nitrogens with one attached hydrogen (secondary N) is 1. The molecule has 2 aromatic carbocycles. The minimum Gasteiger partial charge on any atom is -0.333 e. The van der Waals surface area contributed by atoms with Crippen LogP contribution in [0.2, 0.25) is 0 Å². The van der Waals surface area contributed by atoms with Gasteiger partial charge in [-0.15, -0.1) is 0 Å². The van der Waals surface area contributed by atoms with Gasteiger partial charge >= 0.3 is 0 Å². The van der Waals surface area contributed by atoms with Gasteiger partial charge in [0.1, 0.15) is 11.6 Å². The normalized spacial score (nSPS) is 11.0. The fourth-order valence-corrected chi connectivity index (χ4v) is 2.69. The fraction of sp³-hybridized carbons (Fsp3) is 0.0667. The molecule has 1 heterocycles. The highest BCUT2D eigenvalue weighted by molar-refractivity contribution is 7.99. The van der Waals surface area contributed by atoms with Crippen LogP contribution in [0, 0.1) is 11.6 Å². The van der Waals surface area contributed by atoms with Crippen LogP contribution in [0.4, 0.5) is 8.78 Å². The summed E-state index contributed by atoms with van der Waals surface area (Å²) in [5.74, 6) is -1.92. The molecule has 0 saturated carbocycles. The number of nitrogens with zero attached hydrogens (tertiary/aromatic N) is 1. The van der Waals surface area contributed by atoms with E-state index in [1.54, 1.807) is 0 Å². The molecule has 0 radical (unpaired) electrons. The molecule has 0 amide bonds. The predicted octanol–water partition coefficient (Wildman–Crippen LogP) is 3.82. The smallest absolute Gasteiger partial charge is 0.176 e. The number of imidazole rings is 1. The summed E-state index contributed by atoms with van der Waals surface area (Å²) in [5.41, 5.74) is 1.57. The monoisotopic (exact) mass is 304 g/mol. The van der Waals surface area contributed by atoms with E-state index >= 15 is 0 Å². The lowest BCUT2D eigenvalue weighted by Crippen LogP contribution is -2.05. The Labute approximate surface area is 123 Å². The van der Waals surface area contributed by atoms with Gasteiger partial charge in [-0.05, 0) is 24.3 Å². The Balaban J connectivity index is 1.73. The van der Waals surface area contributed by atoms with Crippen molar-refractivity contribution in [2.24, 2.45) is 0 Å². The van der Waals surface area contributed by atoms with Crippen LogP contribution in [0.3, 0.4) is 0 Å². The minimum absolute atomic E-state index is 0.0301. The summed E-state index contributed by atoms with van der Waals surface area (Å²) >= 11 is 1.19. The number of thioether (sulfide) groups is 1. The van der Waals surface area contributed by atoms with E-state index < -0.39 is 17.4 Å². The summed E-state index contributed by atoms with van der Waals surface area (Å²) < 4.78 is 26.3. The van der Waals surface area contributed by atoms with Crippen LogP contribution in [-0.4, -0.2) is 21.5 Å². The molecule has 0 aliphatic heterocycles. The van der Waals surface area contributed by atoms with E-state index in [1.165, 1.54) is 11.8 Å². The Hall–Kier alpha value is -2.21. The van der Waals surface area contributed by atoms with E-state index in [-0.39, 0.29) is 11.3 Å². The number of fused-ring (bicyclic) bond motifs is 1. The Kier molecular flexibility index (Phi) is 3.70. The van der Waals surface area contributed by atoms with E-state index in [0.29, 0.717) is 11.2 Å². The van der Waals surface area contributed by atoms with Crippen molar-refractivity contribution >= 4 is 28.6 Å². The van der Waals surface area contributed by atoms with Crippen LogP contribution in [-0.2, 0) is 0 Å². The molecule has 21 heavy (non-hydrogen) atoms. The summed E-state index contributed by atoms with van der Waals surface area (Å²) in [6.45, 7) is 0. The van der Waals surface area contributed by atoms with Crippen LogP contribution < -0.4 is 0 Å². The quantitative estimate of drug-likeness (QED) is 0.589. The zero-order chi connectivity index (χ0) is 14.8. The van der Waals surface area contributed by atoms with Crippen LogP contribution >= 0.6 is 11.8 Å². The minimum atomic E-state index is -0.842. The third kappa shape index (κ3) is 2.95. The van der Waals surface area contributed by atoms with Gasteiger partial charge in [0.25, 0.3) is 0 Å². The number of H-pyrrole nitrogens is 1.